The Morgan fingerprint density at radius 3 is 2.33 bits per heavy atom. The lowest BCUT2D eigenvalue weighted by Gasteiger charge is -2.19. The third-order valence-electron chi connectivity index (χ3n) is 5.09. The van der Waals surface area contributed by atoms with E-state index in [0.717, 1.165) is 33.7 Å². The van der Waals surface area contributed by atoms with Crippen LogP contribution >= 0.6 is 35.0 Å². The Morgan fingerprint density at radius 2 is 1.70 bits per heavy atom. The van der Waals surface area contributed by atoms with E-state index < -0.39 is 0 Å². The Kier molecular flexibility index (Phi) is 7.13. The zero-order valence-electron chi connectivity index (χ0n) is 18.4. The van der Waals surface area contributed by atoms with Crippen molar-refractivity contribution in [3.8, 4) is 5.75 Å². The number of aliphatic imine (C=N–C) groups is 1. The molecule has 4 rings (SSSR count). The zero-order valence-corrected chi connectivity index (χ0v) is 20.8. The molecular weight excluding hydrogens is 475 g/mol. The molecule has 33 heavy (non-hydrogen) atoms. The number of anilines is 1. The first-order valence-corrected chi connectivity index (χ1v) is 12.0. The van der Waals surface area contributed by atoms with Crippen LogP contribution in [-0.4, -0.2) is 18.2 Å². The van der Waals surface area contributed by atoms with Crippen LogP contribution in [0.1, 0.15) is 22.3 Å². The van der Waals surface area contributed by atoms with Crippen LogP contribution in [-0.2, 0) is 10.5 Å². The Balaban J connectivity index is 1.69. The van der Waals surface area contributed by atoms with Gasteiger partial charge in [-0.15, -0.1) is 0 Å². The van der Waals surface area contributed by atoms with Gasteiger partial charge >= 0.3 is 0 Å². The number of halogens is 2. The molecule has 0 radical (unpaired) electrons. The number of carbonyl (C=O) groups excluding carboxylic acids is 1. The molecule has 0 aromatic heterocycles. The molecule has 0 fully saturated rings. The Morgan fingerprint density at radius 1 is 1.00 bits per heavy atom. The van der Waals surface area contributed by atoms with Gasteiger partial charge in [0, 0.05) is 15.8 Å². The number of hydrogen-bond acceptors (Lipinski definition) is 4. The fourth-order valence-electron chi connectivity index (χ4n) is 3.54. The molecule has 0 saturated carbocycles. The standard InChI is InChI=1S/C26H22Cl2N2O2S/c1-16-10-17(2)12-21(11-16)30-25(31)24(13-18-4-8-22(32-3)9-5-18)29-26(30)33-15-19-6-7-20(27)14-23(19)28/h4-14H,15H2,1-3H3. The van der Waals surface area contributed by atoms with E-state index in [1.165, 1.54) is 11.8 Å². The van der Waals surface area contributed by atoms with Crippen molar-refractivity contribution in [3.63, 3.8) is 0 Å². The number of benzene rings is 3. The fourth-order valence-corrected chi connectivity index (χ4v) is 5.11. The number of carbonyl (C=O) groups is 1. The average molecular weight is 497 g/mol. The van der Waals surface area contributed by atoms with Crippen molar-refractivity contribution in [3.05, 3.63) is 98.7 Å². The molecule has 0 unspecified atom stereocenters. The summed E-state index contributed by atoms with van der Waals surface area (Å²) in [6, 6.07) is 19.0. The van der Waals surface area contributed by atoms with Gasteiger partial charge in [0.15, 0.2) is 5.17 Å². The van der Waals surface area contributed by atoms with Crippen LogP contribution in [0.4, 0.5) is 5.69 Å². The first-order chi connectivity index (χ1) is 15.8. The first kappa shape index (κ1) is 23.4. The lowest BCUT2D eigenvalue weighted by Crippen LogP contribution is -2.30. The SMILES string of the molecule is COc1ccc(C=C2N=C(SCc3ccc(Cl)cc3Cl)N(c3cc(C)cc(C)c3)C2=O)cc1. The largest absolute Gasteiger partial charge is 0.497 e. The van der Waals surface area contributed by atoms with E-state index in [0.29, 0.717) is 26.7 Å². The van der Waals surface area contributed by atoms with Crippen LogP contribution in [0, 0.1) is 13.8 Å². The number of hydrogen-bond donors (Lipinski definition) is 0. The minimum atomic E-state index is -0.166. The van der Waals surface area contributed by atoms with Gasteiger partial charge in [-0.1, -0.05) is 59.2 Å². The van der Waals surface area contributed by atoms with Crippen molar-refractivity contribution in [1.29, 1.82) is 0 Å². The van der Waals surface area contributed by atoms with Crippen LogP contribution < -0.4 is 9.64 Å². The second kappa shape index (κ2) is 10.0. The third kappa shape index (κ3) is 5.44. The predicted molar refractivity (Wildman–Crippen MR) is 140 cm³/mol. The predicted octanol–water partition coefficient (Wildman–Crippen LogP) is 7.30. The summed E-state index contributed by atoms with van der Waals surface area (Å²) in [7, 11) is 1.62. The third-order valence-corrected chi connectivity index (χ3v) is 6.66. The molecule has 0 N–H and O–H groups in total. The lowest BCUT2D eigenvalue weighted by molar-refractivity contribution is -0.113. The van der Waals surface area contributed by atoms with E-state index in [1.807, 2.05) is 62.4 Å². The minimum absolute atomic E-state index is 0.166. The summed E-state index contributed by atoms with van der Waals surface area (Å²) in [5.41, 5.74) is 5.13. The van der Waals surface area contributed by atoms with E-state index in [-0.39, 0.29) is 5.91 Å². The first-order valence-electron chi connectivity index (χ1n) is 10.3. The van der Waals surface area contributed by atoms with Gasteiger partial charge in [-0.25, -0.2) is 4.99 Å². The highest BCUT2D eigenvalue weighted by molar-refractivity contribution is 8.13. The topological polar surface area (TPSA) is 41.9 Å². The van der Waals surface area contributed by atoms with Crippen LogP contribution in [0.15, 0.2) is 71.4 Å². The summed E-state index contributed by atoms with van der Waals surface area (Å²) in [6.07, 6.45) is 1.79. The van der Waals surface area contributed by atoms with Gasteiger partial charge in [-0.05, 0) is 78.6 Å². The smallest absolute Gasteiger partial charge is 0.283 e. The molecule has 0 aliphatic carbocycles. The highest BCUT2D eigenvalue weighted by Gasteiger charge is 2.32. The van der Waals surface area contributed by atoms with E-state index >= 15 is 0 Å². The van der Waals surface area contributed by atoms with E-state index in [2.05, 4.69) is 6.07 Å². The number of methoxy groups -OCH3 is 1. The second-order valence-electron chi connectivity index (χ2n) is 7.71. The summed E-state index contributed by atoms with van der Waals surface area (Å²) in [5, 5.41) is 1.78. The zero-order chi connectivity index (χ0) is 23.5. The molecule has 0 spiro atoms. The molecule has 0 bridgehead atoms. The monoisotopic (exact) mass is 496 g/mol. The molecule has 1 aliphatic rings. The molecule has 0 atom stereocenters. The van der Waals surface area contributed by atoms with Gasteiger partial charge < -0.3 is 4.74 Å². The number of ether oxygens (including phenoxy) is 1. The van der Waals surface area contributed by atoms with E-state index in [1.54, 1.807) is 24.2 Å². The molecule has 1 amide bonds. The van der Waals surface area contributed by atoms with Crippen molar-refractivity contribution in [2.24, 2.45) is 4.99 Å². The number of rotatable bonds is 5. The van der Waals surface area contributed by atoms with Gasteiger partial charge in [-0.2, -0.15) is 0 Å². The molecular formula is C26H22Cl2N2O2S. The van der Waals surface area contributed by atoms with Crippen LogP contribution in [0.3, 0.4) is 0 Å². The van der Waals surface area contributed by atoms with Crippen molar-refractivity contribution < 1.29 is 9.53 Å². The van der Waals surface area contributed by atoms with E-state index in [9.17, 15) is 4.79 Å². The molecule has 7 heteroatoms. The van der Waals surface area contributed by atoms with Gasteiger partial charge in [0.25, 0.3) is 5.91 Å². The van der Waals surface area contributed by atoms with Gasteiger partial charge in [0.05, 0.1) is 12.8 Å². The quantitative estimate of drug-likeness (QED) is 0.348. The maximum atomic E-state index is 13.5. The number of aryl methyl sites for hydroxylation is 2. The summed E-state index contributed by atoms with van der Waals surface area (Å²) < 4.78 is 5.22. The second-order valence-corrected chi connectivity index (χ2v) is 9.49. The molecule has 1 aliphatic heterocycles. The fraction of sp³-hybridized carbons (Fsp3) is 0.154. The summed E-state index contributed by atoms with van der Waals surface area (Å²) in [6.45, 7) is 4.03. The highest BCUT2D eigenvalue weighted by atomic mass is 35.5. The van der Waals surface area contributed by atoms with Gasteiger partial charge in [-0.3, -0.25) is 9.69 Å². The average Bonchev–Trinajstić information content (AvgIpc) is 3.08. The van der Waals surface area contributed by atoms with Gasteiger partial charge in [0.2, 0.25) is 0 Å². The number of amides is 1. The molecule has 0 saturated heterocycles. The van der Waals surface area contributed by atoms with Gasteiger partial charge in [0.1, 0.15) is 11.4 Å². The Bertz CT molecular complexity index is 1250. The lowest BCUT2D eigenvalue weighted by atomic mass is 10.1. The van der Waals surface area contributed by atoms with Crippen molar-refractivity contribution in [2.45, 2.75) is 19.6 Å². The maximum Gasteiger partial charge on any atom is 0.283 e. The van der Waals surface area contributed by atoms with Crippen molar-refractivity contribution >= 4 is 57.8 Å². The van der Waals surface area contributed by atoms with Crippen LogP contribution in [0.2, 0.25) is 10.0 Å². The highest BCUT2D eigenvalue weighted by Crippen LogP contribution is 2.33. The van der Waals surface area contributed by atoms with Crippen molar-refractivity contribution in [2.75, 3.05) is 12.0 Å². The number of thioether (sulfide) groups is 1. The molecule has 168 valence electrons. The summed E-state index contributed by atoms with van der Waals surface area (Å²) >= 11 is 13.9. The normalized spacial score (nSPS) is 14.7. The Labute approximate surface area is 207 Å². The summed E-state index contributed by atoms with van der Waals surface area (Å²) in [5.74, 6) is 1.14. The number of amidine groups is 1. The van der Waals surface area contributed by atoms with Crippen LogP contribution in [0.25, 0.3) is 6.08 Å². The maximum absolute atomic E-state index is 13.5. The minimum Gasteiger partial charge on any atom is -0.497 e. The van der Waals surface area contributed by atoms with Crippen molar-refractivity contribution in [1.82, 2.24) is 0 Å². The molecule has 4 nitrogen and oxygen atoms in total. The van der Waals surface area contributed by atoms with Crippen LogP contribution in [0.5, 0.6) is 5.75 Å². The summed E-state index contributed by atoms with van der Waals surface area (Å²) in [4.78, 5) is 19.8. The van der Waals surface area contributed by atoms with E-state index in [4.69, 9.17) is 32.9 Å². The number of nitrogens with zero attached hydrogens (tertiary/aromatic N) is 2. The molecule has 3 aromatic rings. The molecule has 1 heterocycles. The molecule has 3 aromatic carbocycles. The Hall–Kier alpha value is -2.73.